The molecule has 0 aliphatic carbocycles. The number of carbonyl (C=O) groups is 1. The second-order valence-corrected chi connectivity index (χ2v) is 5.59. The zero-order valence-corrected chi connectivity index (χ0v) is 12.6. The predicted molar refractivity (Wildman–Crippen MR) is 81.2 cm³/mol. The number of pyridine rings is 1. The molecule has 4 heteroatoms. The zero-order valence-electron chi connectivity index (χ0n) is 9.73. The highest BCUT2D eigenvalue weighted by Gasteiger charge is 2.19. The molecule has 2 rings (SSSR count). The molecule has 0 aliphatic heterocycles. The number of carbonyl (C=O) groups excluding carboxylic acids is 1. The Morgan fingerprint density at radius 1 is 1.28 bits per heavy atom. The highest BCUT2D eigenvalue weighted by atomic mass is 127. The summed E-state index contributed by atoms with van der Waals surface area (Å²) < 4.78 is 0.919. The van der Waals surface area contributed by atoms with Gasteiger partial charge in [0.1, 0.15) is 0 Å². The summed E-state index contributed by atoms with van der Waals surface area (Å²) in [6.45, 7) is 1.90. The lowest BCUT2D eigenvalue weighted by molar-refractivity contribution is 0.0965. The van der Waals surface area contributed by atoms with Gasteiger partial charge in [-0.3, -0.25) is 9.78 Å². The molecule has 0 fully saturated rings. The highest BCUT2D eigenvalue weighted by molar-refractivity contribution is 14.1. The van der Waals surface area contributed by atoms with E-state index in [0.717, 1.165) is 9.13 Å². The van der Waals surface area contributed by atoms with Crippen molar-refractivity contribution < 1.29 is 4.79 Å². The Labute approximate surface area is 125 Å². The number of halogens is 2. The molecule has 1 aromatic heterocycles. The van der Waals surface area contributed by atoms with Crippen LogP contribution in [0.15, 0.2) is 42.7 Å². The quantitative estimate of drug-likeness (QED) is 0.594. The van der Waals surface area contributed by atoms with Crippen molar-refractivity contribution in [2.24, 2.45) is 0 Å². The van der Waals surface area contributed by atoms with E-state index >= 15 is 0 Å². The van der Waals surface area contributed by atoms with E-state index in [1.807, 2.05) is 25.1 Å². The fourth-order valence-corrected chi connectivity index (χ4v) is 2.50. The van der Waals surface area contributed by atoms with Gasteiger partial charge in [-0.05, 0) is 58.5 Å². The first-order valence-electron chi connectivity index (χ1n) is 5.49. The lowest BCUT2D eigenvalue weighted by atomic mass is 9.93. The molecule has 1 unspecified atom stereocenters. The number of Topliss-reactive ketones (excluding diaryl/α,β-unsaturated/α-hetero) is 1. The van der Waals surface area contributed by atoms with Gasteiger partial charge in [-0.2, -0.15) is 0 Å². The van der Waals surface area contributed by atoms with Crippen LogP contribution in [0.25, 0.3) is 0 Å². The molecule has 0 aliphatic rings. The van der Waals surface area contributed by atoms with E-state index in [4.69, 9.17) is 11.6 Å². The maximum absolute atomic E-state index is 12.4. The molecule has 1 atom stereocenters. The molecule has 2 aromatic rings. The minimum atomic E-state index is -0.194. The van der Waals surface area contributed by atoms with E-state index in [1.54, 1.807) is 24.5 Å². The van der Waals surface area contributed by atoms with Crippen molar-refractivity contribution >= 4 is 40.0 Å². The van der Waals surface area contributed by atoms with Crippen LogP contribution in [0.2, 0.25) is 5.02 Å². The third-order valence-electron chi connectivity index (χ3n) is 2.79. The van der Waals surface area contributed by atoms with Crippen molar-refractivity contribution in [1.29, 1.82) is 0 Å². The van der Waals surface area contributed by atoms with Crippen LogP contribution in [-0.2, 0) is 0 Å². The van der Waals surface area contributed by atoms with Crippen molar-refractivity contribution in [3.63, 3.8) is 0 Å². The van der Waals surface area contributed by atoms with Crippen molar-refractivity contribution in [3.8, 4) is 0 Å². The van der Waals surface area contributed by atoms with Crippen molar-refractivity contribution in [3.05, 3.63) is 62.4 Å². The topological polar surface area (TPSA) is 30.0 Å². The third-order valence-corrected chi connectivity index (χ3v) is 3.97. The third kappa shape index (κ3) is 2.90. The maximum Gasteiger partial charge on any atom is 0.171 e. The van der Waals surface area contributed by atoms with Gasteiger partial charge in [-0.1, -0.05) is 18.5 Å². The van der Waals surface area contributed by atoms with Gasteiger partial charge < -0.3 is 0 Å². The molecule has 0 radical (unpaired) electrons. The zero-order chi connectivity index (χ0) is 13.1. The van der Waals surface area contributed by atoms with Gasteiger partial charge in [0, 0.05) is 32.5 Å². The van der Waals surface area contributed by atoms with E-state index in [9.17, 15) is 4.79 Å². The van der Waals surface area contributed by atoms with E-state index < -0.39 is 0 Å². The van der Waals surface area contributed by atoms with Crippen LogP contribution in [0.5, 0.6) is 0 Å². The molecule has 18 heavy (non-hydrogen) atoms. The fourth-order valence-electron chi connectivity index (χ4n) is 1.72. The van der Waals surface area contributed by atoms with Crippen LogP contribution in [0.4, 0.5) is 0 Å². The minimum absolute atomic E-state index is 0.0769. The lowest BCUT2D eigenvalue weighted by Crippen LogP contribution is -2.11. The van der Waals surface area contributed by atoms with Gasteiger partial charge in [0.25, 0.3) is 0 Å². The molecule has 0 saturated heterocycles. The van der Waals surface area contributed by atoms with Crippen molar-refractivity contribution in [2.45, 2.75) is 12.8 Å². The number of hydrogen-bond donors (Lipinski definition) is 0. The van der Waals surface area contributed by atoms with Crippen LogP contribution in [0.3, 0.4) is 0 Å². The van der Waals surface area contributed by atoms with Crippen LogP contribution in [0.1, 0.15) is 28.8 Å². The number of nitrogens with zero attached hydrogens (tertiary/aromatic N) is 1. The monoisotopic (exact) mass is 371 g/mol. The number of ketones is 1. The normalized spacial score (nSPS) is 12.2. The Hall–Kier alpha value is -0.940. The molecule has 0 amide bonds. The largest absolute Gasteiger partial charge is 0.293 e. The maximum atomic E-state index is 12.4. The van der Waals surface area contributed by atoms with Gasteiger partial charge in [0.2, 0.25) is 0 Å². The second-order valence-electron chi connectivity index (χ2n) is 3.99. The van der Waals surface area contributed by atoms with E-state index in [-0.39, 0.29) is 11.7 Å². The van der Waals surface area contributed by atoms with Crippen LogP contribution in [0, 0.1) is 3.57 Å². The summed E-state index contributed by atoms with van der Waals surface area (Å²) in [5.74, 6) is -0.118. The average Bonchev–Trinajstić information content (AvgIpc) is 2.41. The van der Waals surface area contributed by atoms with E-state index in [2.05, 4.69) is 27.6 Å². The minimum Gasteiger partial charge on any atom is -0.293 e. The summed E-state index contributed by atoms with van der Waals surface area (Å²) in [5.41, 5.74) is 1.64. The summed E-state index contributed by atoms with van der Waals surface area (Å²) in [6, 6.07) is 9.09. The summed E-state index contributed by atoms with van der Waals surface area (Å²) in [6.07, 6.45) is 3.39. The van der Waals surface area contributed by atoms with Crippen LogP contribution in [-0.4, -0.2) is 10.8 Å². The van der Waals surface area contributed by atoms with Crippen molar-refractivity contribution in [2.75, 3.05) is 0 Å². The first-order chi connectivity index (χ1) is 8.59. The fraction of sp³-hybridized carbons (Fsp3) is 0.143. The number of benzene rings is 1. The Bertz CT molecular complexity index is 571. The van der Waals surface area contributed by atoms with Crippen molar-refractivity contribution in [1.82, 2.24) is 4.98 Å². The number of rotatable bonds is 3. The molecule has 1 heterocycles. The van der Waals surface area contributed by atoms with Gasteiger partial charge in [0.05, 0.1) is 0 Å². The summed E-state index contributed by atoms with van der Waals surface area (Å²) in [5, 5.41) is 0.584. The van der Waals surface area contributed by atoms with Gasteiger partial charge in [-0.15, -0.1) is 0 Å². The van der Waals surface area contributed by atoms with Crippen LogP contribution >= 0.6 is 34.2 Å². The molecule has 2 nitrogen and oxygen atoms in total. The second kappa shape index (κ2) is 5.80. The Morgan fingerprint density at radius 3 is 2.61 bits per heavy atom. The first kappa shape index (κ1) is 13.5. The molecular weight excluding hydrogens is 361 g/mol. The lowest BCUT2D eigenvalue weighted by Gasteiger charge is -2.12. The van der Waals surface area contributed by atoms with E-state index in [0.29, 0.717) is 10.6 Å². The first-order valence-corrected chi connectivity index (χ1v) is 6.94. The number of aromatic nitrogens is 1. The number of hydrogen-bond acceptors (Lipinski definition) is 2. The van der Waals surface area contributed by atoms with Gasteiger partial charge >= 0.3 is 0 Å². The van der Waals surface area contributed by atoms with E-state index in [1.165, 1.54) is 0 Å². The van der Waals surface area contributed by atoms with Gasteiger partial charge in [0.15, 0.2) is 5.78 Å². The molecule has 0 saturated carbocycles. The molecule has 0 N–H and O–H groups in total. The Kier molecular flexibility index (Phi) is 4.35. The molecule has 0 spiro atoms. The molecule has 0 bridgehead atoms. The smallest absolute Gasteiger partial charge is 0.171 e. The standard InChI is InChI=1S/C14H11ClINO/c1-9(10-4-6-17-7-5-10)14(18)12-8-11(15)2-3-13(12)16/h2-9H,1H3. The SMILES string of the molecule is CC(C(=O)c1cc(Cl)ccc1I)c1ccncc1. The van der Waals surface area contributed by atoms with Crippen LogP contribution < -0.4 is 0 Å². The summed E-state index contributed by atoms with van der Waals surface area (Å²) in [7, 11) is 0. The Morgan fingerprint density at radius 2 is 1.94 bits per heavy atom. The molecule has 92 valence electrons. The average molecular weight is 372 g/mol. The molecular formula is C14H11ClINO. The Balaban J connectivity index is 2.34. The highest BCUT2D eigenvalue weighted by Crippen LogP contribution is 2.25. The van der Waals surface area contributed by atoms with Gasteiger partial charge in [-0.25, -0.2) is 0 Å². The summed E-state index contributed by atoms with van der Waals surface area (Å²) >= 11 is 8.10. The summed E-state index contributed by atoms with van der Waals surface area (Å²) in [4.78, 5) is 16.4. The molecule has 1 aromatic carbocycles. The predicted octanol–water partition coefficient (Wildman–Crippen LogP) is 4.33.